The number of ether oxygens (including phenoxy) is 1. The van der Waals surface area contributed by atoms with Crippen molar-refractivity contribution >= 4 is 22.5 Å². The number of aromatic nitrogens is 1. The van der Waals surface area contributed by atoms with Gasteiger partial charge in [-0.1, -0.05) is 0 Å². The van der Waals surface area contributed by atoms with Crippen LogP contribution in [0.15, 0.2) is 30.5 Å². The second kappa shape index (κ2) is 7.55. The molecule has 1 aromatic heterocycles. The summed E-state index contributed by atoms with van der Waals surface area (Å²) in [6, 6.07) is 8.71. The molecule has 5 rings (SSSR count). The number of piperidine rings is 1. The van der Waals surface area contributed by atoms with E-state index >= 15 is 0 Å². The van der Waals surface area contributed by atoms with Crippen molar-refractivity contribution in [3.05, 3.63) is 36.0 Å². The Labute approximate surface area is 195 Å². The Kier molecular flexibility index (Phi) is 5.08. The monoisotopic (exact) mass is 473 g/mol. The number of nitrogens with zero attached hydrogens (tertiary/aromatic N) is 3. The number of hydrogen-bond donors (Lipinski definition) is 2. The molecule has 3 aliphatic rings. The molecule has 180 valence electrons. The standard InChI is InChI=1S/C24H26F3N5O2/c1-21(2)12-29-9-16(34-21)10-31-20(33)22-11-23(22,24(25,26)27)14-32(13-22)18-6-5-15(8-28)19-17(18)4-3-7-30-19/h3-7,16,29H,9-14H2,1-2H3,(H,31,33)/t16-,22-,23-/m1/s1. The predicted molar refractivity (Wildman–Crippen MR) is 119 cm³/mol. The van der Waals surface area contributed by atoms with Crippen molar-refractivity contribution < 1.29 is 22.7 Å². The zero-order valence-corrected chi connectivity index (χ0v) is 19.0. The third-order valence-electron chi connectivity index (χ3n) is 7.40. The van der Waals surface area contributed by atoms with E-state index in [9.17, 15) is 23.2 Å². The first kappa shape index (κ1) is 22.9. The van der Waals surface area contributed by atoms with Crippen molar-refractivity contribution in [2.45, 2.75) is 38.1 Å². The van der Waals surface area contributed by atoms with E-state index in [1.807, 2.05) is 13.8 Å². The van der Waals surface area contributed by atoms with Gasteiger partial charge in [0.05, 0.1) is 28.2 Å². The van der Waals surface area contributed by atoms with E-state index in [0.717, 1.165) is 0 Å². The molecule has 0 unspecified atom stereocenters. The van der Waals surface area contributed by atoms with Crippen molar-refractivity contribution in [3.8, 4) is 6.07 Å². The first-order valence-electron chi connectivity index (χ1n) is 11.3. The molecule has 1 aliphatic carbocycles. The number of hydrogen-bond acceptors (Lipinski definition) is 6. The number of rotatable bonds is 4. The molecule has 2 aromatic rings. The quantitative estimate of drug-likeness (QED) is 0.710. The number of fused-ring (bicyclic) bond motifs is 2. The number of carbonyl (C=O) groups excluding carboxylic acids is 1. The van der Waals surface area contributed by atoms with Gasteiger partial charge in [-0.05, 0) is 44.5 Å². The summed E-state index contributed by atoms with van der Waals surface area (Å²) >= 11 is 0. The zero-order chi connectivity index (χ0) is 24.4. The molecule has 10 heteroatoms. The summed E-state index contributed by atoms with van der Waals surface area (Å²) in [5.74, 6) is -0.588. The lowest BCUT2D eigenvalue weighted by molar-refractivity contribution is -0.191. The molecule has 7 nitrogen and oxygen atoms in total. The smallest absolute Gasteiger partial charge is 0.369 e. The number of carbonyl (C=O) groups is 1. The average Bonchev–Trinajstić information content (AvgIpc) is 3.33. The molecule has 1 amide bonds. The van der Waals surface area contributed by atoms with Crippen LogP contribution in [0.5, 0.6) is 0 Å². The first-order valence-corrected chi connectivity index (χ1v) is 11.3. The number of morpholine rings is 1. The molecule has 2 N–H and O–H groups in total. The third-order valence-corrected chi connectivity index (χ3v) is 7.40. The van der Waals surface area contributed by atoms with Crippen molar-refractivity contribution in [2.24, 2.45) is 10.8 Å². The Morgan fingerprint density at radius 2 is 2.15 bits per heavy atom. The van der Waals surface area contributed by atoms with Crippen LogP contribution in [0.3, 0.4) is 0 Å². The first-order chi connectivity index (χ1) is 16.0. The minimum absolute atomic E-state index is 0.0521. The van der Waals surface area contributed by atoms with Gasteiger partial charge < -0.3 is 20.3 Å². The molecule has 2 saturated heterocycles. The normalized spacial score (nSPS) is 30.0. The maximum Gasteiger partial charge on any atom is 0.397 e. The van der Waals surface area contributed by atoms with Crippen molar-refractivity contribution in [1.29, 1.82) is 5.26 Å². The highest BCUT2D eigenvalue weighted by molar-refractivity contribution is 5.97. The van der Waals surface area contributed by atoms with Gasteiger partial charge in [0.25, 0.3) is 0 Å². The highest BCUT2D eigenvalue weighted by Gasteiger charge is 2.86. The van der Waals surface area contributed by atoms with Crippen LogP contribution in [-0.4, -0.2) is 61.5 Å². The van der Waals surface area contributed by atoms with Crippen LogP contribution < -0.4 is 15.5 Å². The Morgan fingerprint density at radius 1 is 1.35 bits per heavy atom. The van der Waals surface area contributed by atoms with Gasteiger partial charge >= 0.3 is 6.18 Å². The molecule has 1 aromatic carbocycles. The molecule has 2 aliphatic heterocycles. The summed E-state index contributed by atoms with van der Waals surface area (Å²) in [6.45, 7) is 4.83. The fourth-order valence-corrected chi connectivity index (χ4v) is 5.68. The number of anilines is 1. The van der Waals surface area contributed by atoms with Gasteiger partial charge in [-0.25, -0.2) is 0 Å². The Hall–Kier alpha value is -2.90. The average molecular weight is 473 g/mol. The van der Waals surface area contributed by atoms with Crippen molar-refractivity contribution in [1.82, 2.24) is 15.6 Å². The van der Waals surface area contributed by atoms with Gasteiger partial charge in [0.2, 0.25) is 5.91 Å². The molecule has 3 atom stereocenters. The van der Waals surface area contributed by atoms with Gasteiger partial charge in [0.15, 0.2) is 0 Å². The van der Waals surface area contributed by atoms with Crippen LogP contribution in [-0.2, 0) is 9.53 Å². The number of benzene rings is 1. The minimum Gasteiger partial charge on any atom is -0.369 e. The summed E-state index contributed by atoms with van der Waals surface area (Å²) in [7, 11) is 0. The Balaban J connectivity index is 1.41. The van der Waals surface area contributed by atoms with Gasteiger partial charge in [-0.3, -0.25) is 9.78 Å². The zero-order valence-electron chi connectivity index (χ0n) is 19.0. The number of halogens is 3. The number of nitrogens with one attached hydrogen (secondary N) is 2. The van der Waals surface area contributed by atoms with Gasteiger partial charge in [0.1, 0.15) is 11.5 Å². The maximum atomic E-state index is 14.3. The second-order valence-corrected chi connectivity index (χ2v) is 10.2. The number of alkyl halides is 3. The number of amides is 1. The van der Waals surface area contributed by atoms with Crippen LogP contribution in [0.1, 0.15) is 25.8 Å². The lowest BCUT2D eigenvalue weighted by Crippen LogP contribution is -2.54. The maximum absolute atomic E-state index is 14.3. The summed E-state index contributed by atoms with van der Waals surface area (Å²) < 4.78 is 48.9. The molecular weight excluding hydrogens is 447 g/mol. The van der Waals surface area contributed by atoms with Crippen LogP contribution >= 0.6 is 0 Å². The largest absolute Gasteiger partial charge is 0.397 e. The number of pyridine rings is 1. The number of nitriles is 1. The molecule has 3 heterocycles. The van der Waals surface area contributed by atoms with Gasteiger partial charge in [0, 0.05) is 50.0 Å². The Morgan fingerprint density at radius 3 is 2.85 bits per heavy atom. The molecule has 1 saturated carbocycles. The van der Waals surface area contributed by atoms with Gasteiger partial charge in [-0.2, -0.15) is 18.4 Å². The fraction of sp³-hybridized carbons (Fsp3) is 0.542. The lowest BCUT2D eigenvalue weighted by atomic mass is 9.94. The molecule has 3 fully saturated rings. The third kappa shape index (κ3) is 3.41. The van der Waals surface area contributed by atoms with Crippen LogP contribution in [0, 0.1) is 22.2 Å². The van der Waals surface area contributed by atoms with Gasteiger partial charge in [-0.15, -0.1) is 0 Å². The lowest BCUT2D eigenvalue weighted by Gasteiger charge is -2.37. The van der Waals surface area contributed by atoms with E-state index in [1.165, 1.54) is 0 Å². The predicted octanol–water partition coefficient (Wildman–Crippen LogP) is 2.75. The van der Waals surface area contributed by atoms with Crippen LogP contribution in [0.4, 0.5) is 18.9 Å². The van der Waals surface area contributed by atoms with E-state index < -0.39 is 28.5 Å². The van der Waals surface area contributed by atoms with E-state index in [2.05, 4.69) is 21.7 Å². The van der Waals surface area contributed by atoms with E-state index in [-0.39, 0.29) is 32.2 Å². The molecule has 0 spiro atoms. The van der Waals surface area contributed by atoms with E-state index in [0.29, 0.717) is 35.2 Å². The second-order valence-electron chi connectivity index (χ2n) is 10.2. The molecular formula is C24H26F3N5O2. The highest BCUT2D eigenvalue weighted by atomic mass is 19.4. The van der Waals surface area contributed by atoms with E-state index in [1.54, 1.807) is 35.4 Å². The molecule has 0 bridgehead atoms. The fourth-order valence-electron chi connectivity index (χ4n) is 5.68. The SMILES string of the molecule is CC1(C)CNC[C@H](CNC(=O)[C@@]23CN(c4ccc(C#N)c5ncccc45)C[C@]2(C(F)(F)F)C3)O1. The van der Waals surface area contributed by atoms with E-state index in [4.69, 9.17) is 4.74 Å². The summed E-state index contributed by atoms with van der Waals surface area (Å²) in [5.41, 5.74) is -2.72. The molecule has 0 radical (unpaired) electrons. The minimum atomic E-state index is -4.52. The topological polar surface area (TPSA) is 90.3 Å². The molecule has 34 heavy (non-hydrogen) atoms. The van der Waals surface area contributed by atoms with Crippen LogP contribution in [0.2, 0.25) is 0 Å². The summed E-state index contributed by atoms with van der Waals surface area (Å²) in [6.07, 6.45) is -3.52. The summed E-state index contributed by atoms with van der Waals surface area (Å²) in [4.78, 5) is 19.1. The Bertz CT molecular complexity index is 1190. The van der Waals surface area contributed by atoms with Crippen molar-refractivity contribution in [2.75, 3.05) is 37.6 Å². The summed E-state index contributed by atoms with van der Waals surface area (Å²) in [5, 5.41) is 16.0. The highest BCUT2D eigenvalue weighted by Crippen LogP contribution is 2.75. The van der Waals surface area contributed by atoms with Crippen molar-refractivity contribution in [3.63, 3.8) is 0 Å². The van der Waals surface area contributed by atoms with Crippen LogP contribution in [0.25, 0.3) is 10.9 Å².